The van der Waals surface area contributed by atoms with E-state index in [0.717, 1.165) is 0 Å². The van der Waals surface area contributed by atoms with Gasteiger partial charge >= 0.3 is 0 Å². The van der Waals surface area contributed by atoms with Crippen LogP contribution in [-0.4, -0.2) is 15.7 Å². The van der Waals surface area contributed by atoms with Crippen molar-refractivity contribution >= 4 is 26.6 Å². The predicted molar refractivity (Wildman–Crippen MR) is 56.0 cm³/mol. The lowest BCUT2D eigenvalue weighted by molar-refractivity contribution is 0.858. The van der Waals surface area contributed by atoms with Crippen LogP contribution in [0, 0.1) is 6.92 Å². The van der Waals surface area contributed by atoms with Gasteiger partial charge in [-0.05, 0) is 24.0 Å². The van der Waals surface area contributed by atoms with Gasteiger partial charge in [-0.3, -0.25) is 0 Å². The average Bonchev–Trinajstić information content (AvgIpc) is 1.96. The molecule has 0 unspecified atom stereocenters. The smallest absolute Gasteiger partial charge is 0.103 e. The molecule has 4 radical (unpaired) electrons. The minimum Gasteiger partial charge on any atom is -0.103 e. The minimum atomic E-state index is 0.507. The summed E-state index contributed by atoms with van der Waals surface area (Å²) in [6, 6.07) is 3.90. The van der Waals surface area contributed by atoms with Crippen molar-refractivity contribution in [3.8, 4) is 0 Å². The summed E-state index contributed by atoms with van der Waals surface area (Å²) >= 11 is 0. The van der Waals surface area contributed by atoms with Gasteiger partial charge in [0.2, 0.25) is 0 Å². The Bertz CT molecular complexity index is 290. The van der Waals surface area contributed by atoms with Crippen LogP contribution in [0.25, 0.3) is 0 Å². The van der Waals surface area contributed by atoms with E-state index in [1.807, 2.05) is 12.1 Å². The first-order chi connectivity index (χ1) is 5.52. The first-order valence-electron chi connectivity index (χ1n) is 4.18. The lowest BCUT2D eigenvalue weighted by Crippen LogP contribution is -2.26. The summed E-state index contributed by atoms with van der Waals surface area (Å²) < 4.78 is 0. The van der Waals surface area contributed by atoms with Gasteiger partial charge in [0.15, 0.2) is 0 Å². The fourth-order valence-corrected chi connectivity index (χ4v) is 1.39. The molecule has 0 aliphatic carbocycles. The highest BCUT2D eigenvalue weighted by Gasteiger charge is 2.04. The van der Waals surface area contributed by atoms with Gasteiger partial charge < -0.3 is 0 Å². The van der Waals surface area contributed by atoms with Crippen LogP contribution in [0.1, 0.15) is 30.9 Å². The quantitative estimate of drug-likeness (QED) is 0.522. The van der Waals surface area contributed by atoms with Crippen molar-refractivity contribution in [1.29, 1.82) is 0 Å². The average molecular weight is 154 g/mol. The Morgan fingerprint density at radius 1 is 1.08 bits per heavy atom. The molecule has 0 aromatic heterocycles. The van der Waals surface area contributed by atoms with Crippen LogP contribution in [0.4, 0.5) is 0 Å². The van der Waals surface area contributed by atoms with Gasteiger partial charge in [0.25, 0.3) is 0 Å². The molecule has 0 aliphatic heterocycles. The van der Waals surface area contributed by atoms with Crippen LogP contribution in [0.5, 0.6) is 0 Å². The van der Waals surface area contributed by atoms with Crippen molar-refractivity contribution in [1.82, 2.24) is 0 Å². The molecule has 0 N–H and O–H groups in total. The zero-order chi connectivity index (χ0) is 9.30. The summed E-state index contributed by atoms with van der Waals surface area (Å²) in [5.74, 6) is 0.507. The number of rotatable bonds is 1. The van der Waals surface area contributed by atoms with E-state index in [-0.39, 0.29) is 0 Å². The molecule has 0 amide bonds. The maximum Gasteiger partial charge on any atom is 0.112 e. The maximum atomic E-state index is 5.70. The molecule has 0 saturated heterocycles. The van der Waals surface area contributed by atoms with E-state index in [1.165, 1.54) is 11.1 Å². The third-order valence-corrected chi connectivity index (χ3v) is 2.09. The van der Waals surface area contributed by atoms with Crippen LogP contribution >= 0.6 is 0 Å². The van der Waals surface area contributed by atoms with Crippen molar-refractivity contribution in [3.63, 3.8) is 0 Å². The summed E-state index contributed by atoms with van der Waals surface area (Å²) in [6.07, 6.45) is 0. The third kappa shape index (κ3) is 1.74. The van der Waals surface area contributed by atoms with E-state index in [2.05, 4.69) is 20.8 Å². The fourth-order valence-electron chi connectivity index (χ4n) is 1.39. The van der Waals surface area contributed by atoms with E-state index < -0.39 is 0 Å². The highest BCUT2D eigenvalue weighted by molar-refractivity contribution is 6.48. The lowest BCUT2D eigenvalue weighted by Gasteiger charge is -2.12. The van der Waals surface area contributed by atoms with Crippen LogP contribution in [0.2, 0.25) is 0 Å². The highest BCUT2D eigenvalue weighted by atomic mass is 14.1. The predicted octanol–water partition coefficient (Wildman–Crippen LogP) is 0.706. The first-order valence-corrected chi connectivity index (χ1v) is 4.18. The molecule has 1 rings (SSSR count). The lowest BCUT2D eigenvalue weighted by atomic mass is 9.77. The number of aryl methyl sites for hydroxylation is 1. The standard InChI is InChI=1S/C10H12B2/c1-6(2)8-5-10(12)9(11)4-7(8)3/h4-6H,1-3H3. The van der Waals surface area contributed by atoms with E-state index in [4.69, 9.17) is 15.7 Å². The molecule has 1 aromatic carbocycles. The molecule has 0 spiro atoms. The molecule has 2 heteroatoms. The van der Waals surface area contributed by atoms with Gasteiger partial charge in [0.1, 0.15) is 15.7 Å². The van der Waals surface area contributed by atoms with E-state index in [1.54, 1.807) is 0 Å². The van der Waals surface area contributed by atoms with E-state index >= 15 is 0 Å². The molecule has 0 atom stereocenters. The van der Waals surface area contributed by atoms with E-state index in [9.17, 15) is 0 Å². The third-order valence-electron chi connectivity index (χ3n) is 2.09. The second-order valence-corrected chi connectivity index (χ2v) is 3.49. The van der Waals surface area contributed by atoms with Crippen molar-refractivity contribution in [2.75, 3.05) is 0 Å². The summed E-state index contributed by atoms with van der Waals surface area (Å²) in [5.41, 5.74) is 3.86. The summed E-state index contributed by atoms with van der Waals surface area (Å²) in [4.78, 5) is 0. The van der Waals surface area contributed by atoms with Crippen LogP contribution in [-0.2, 0) is 0 Å². The molecule has 0 bridgehead atoms. The number of hydrogen-bond acceptors (Lipinski definition) is 0. The van der Waals surface area contributed by atoms with Crippen LogP contribution in [0.15, 0.2) is 12.1 Å². The molecule has 12 heavy (non-hydrogen) atoms. The van der Waals surface area contributed by atoms with Crippen molar-refractivity contribution in [2.24, 2.45) is 0 Å². The van der Waals surface area contributed by atoms with Gasteiger partial charge in [-0.15, -0.1) is 10.9 Å². The highest BCUT2D eigenvalue weighted by Crippen LogP contribution is 2.15. The molecule has 0 heterocycles. The molecule has 0 aliphatic rings. The Kier molecular flexibility index (Phi) is 2.66. The Morgan fingerprint density at radius 3 is 2.08 bits per heavy atom. The normalized spacial score (nSPS) is 10.7. The minimum absolute atomic E-state index is 0.507. The molecule has 58 valence electrons. The molecule has 0 saturated carbocycles. The van der Waals surface area contributed by atoms with Gasteiger partial charge in [0.05, 0.1) is 0 Å². The summed E-state index contributed by atoms with van der Waals surface area (Å²) in [7, 11) is 11.4. The van der Waals surface area contributed by atoms with Crippen molar-refractivity contribution < 1.29 is 0 Å². The second kappa shape index (κ2) is 3.38. The van der Waals surface area contributed by atoms with Gasteiger partial charge in [-0.2, -0.15) is 0 Å². The maximum absolute atomic E-state index is 5.70. The molecule has 0 fully saturated rings. The monoisotopic (exact) mass is 154 g/mol. The van der Waals surface area contributed by atoms with Crippen molar-refractivity contribution in [3.05, 3.63) is 23.3 Å². The number of hydrogen-bond donors (Lipinski definition) is 0. The summed E-state index contributed by atoms with van der Waals surface area (Å²) in [6.45, 7) is 6.36. The Balaban J connectivity index is 3.23. The van der Waals surface area contributed by atoms with Crippen LogP contribution in [0.3, 0.4) is 0 Å². The van der Waals surface area contributed by atoms with Gasteiger partial charge in [-0.25, -0.2) is 0 Å². The second-order valence-electron chi connectivity index (χ2n) is 3.49. The molecule has 1 aromatic rings. The van der Waals surface area contributed by atoms with Crippen molar-refractivity contribution in [2.45, 2.75) is 26.7 Å². The molecular weight excluding hydrogens is 142 g/mol. The fraction of sp³-hybridized carbons (Fsp3) is 0.400. The Morgan fingerprint density at radius 2 is 1.58 bits per heavy atom. The zero-order valence-electron chi connectivity index (χ0n) is 7.89. The SMILES string of the molecule is [B]c1cc(C)c(C(C)C)cc1[B]. The van der Waals surface area contributed by atoms with Gasteiger partial charge in [0, 0.05) is 0 Å². The Hall–Kier alpha value is -0.650. The summed E-state index contributed by atoms with van der Waals surface area (Å²) in [5, 5.41) is 0. The molecular formula is C10H12B2. The topological polar surface area (TPSA) is 0 Å². The van der Waals surface area contributed by atoms with Crippen LogP contribution < -0.4 is 10.9 Å². The Labute approximate surface area is 77.2 Å². The van der Waals surface area contributed by atoms with E-state index in [0.29, 0.717) is 16.8 Å². The van der Waals surface area contributed by atoms with Gasteiger partial charge in [-0.1, -0.05) is 26.0 Å². The zero-order valence-corrected chi connectivity index (χ0v) is 7.89. The molecule has 0 nitrogen and oxygen atoms in total. The largest absolute Gasteiger partial charge is 0.112 e. The first kappa shape index (κ1) is 9.44. The number of benzene rings is 1.